The maximum absolute atomic E-state index is 13.3. The second-order valence-corrected chi connectivity index (χ2v) is 6.10. The van der Waals surface area contributed by atoms with Gasteiger partial charge in [-0.1, -0.05) is 11.6 Å². The molecular weight excluding hydrogens is 389 g/mol. The molecule has 0 saturated carbocycles. The zero-order chi connectivity index (χ0) is 20.1. The third-order valence-corrected chi connectivity index (χ3v) is 3.95. The molecule has 0 unspecified atom stereocenters. The SMILES string of the molecule is O=C(/C=C/c1ccc(COc2cc(F)ccc2[N+](=O)[O-])o1)c1ccc(Cl)cc1. The Bertz CT molecular complexity index is 1040. The molecule has 1 heterocycles. The number of carbonyl (C=O) groups excluding carboxylic acids is 1. The predicted octanol–water partition coefficient (Wildman–Crippen LogP) is 5.46. The van der Waals surface area contributed by atoms with Crippen LogP contribution >= 0.6 is 11.6 Å². The average Bonchev–Trinajstić information content (AvgIpc) is 3.12. The molecule has 0 aliphatic heterocycles. The number of allylic oxidation sites excluding steroid dienone is 1. The van der Waals surface area contributed by atoms with Crippen molar-refractivity contribution in [2.75, 3.05) is 0 Å². The fourth-order valence-corrected chi connectivity index (χ4v) is 2.46. The fraction of sp³-hybridized carbons (Fsp3) is 0.0500. The number of nitro groups is 1. The molecule has 0 amide bonds. The molecule has 0 radical (unpaired) electrons. The van der Waals surface area contributed by atoms with Crippen molar-refractivity contribution in [3.63, 3.8) is 0 Å². The minimum Gasteiger partial charge on any atom is -0.479 e. The van der Waals surface area contributed by atoms with E-state index < -0.39 is 10.7 Å². The van der Waals surface area contributed by atoms with Crippen LogP contribution in [0.15, 0.2) is 65.1 Å². The van der Waals surface area contributed by atoms with Gasteiger partial charge in [0.05, 0.1) is 4.92 Å². The summed E-state index contributed by atoms with van der Waals surface area (Å²) in [6.45, 7) is -0.136. The number of nitro benzene ring substituents is 1. The van der Waals surface area contributed by atoms with Gasteiger partial charge >= 0.3 is 5.69 Å². The van der Waals surface area contributed by atoms with Gasteiger partial charge < -0.3 is 9.15 Å². The van der Waals surface area contributed by atoms with Crippen LogP contribution in [0.3, 0.4) is 0 Å². The lowest BCUT2D eigenvalue weighted by molar-refractivity contribution is -0.386. The van der Waals surface area contributed by atoms with E-state index in [9.17, 15) is 19.3 Å². The number of halogens is 2. The zero-order valence-corrected chi connectivity index (χ0v) is 15.1. The van der Waals surface area contributed by atoms with Crippen molar-refractivity contribution in [2.24, 2.45) is 0 Å². The molecular formula is C20H13ClFNO5. The van der Waals surface area contributed by atoms with Crippen LogP contribution in [-0.4, -0.2) is 10.7 Å². The molecule has 3 aromatic rings. The highest BCUT2D eigenvalue weighted by atomic mass is 35.5. The molecule has 2 aromatic carbocycles. The molecule has 0 spiro atoms. The van der Waals surface area contributed by atoms with Gasteiger partial charge in [0.2, 0.25) is 0 Å². The van der Waals surface area contributed by atoms with Gasteiger partial charge in [-0.3, -0.25) is 14.9 Å². The first kappa shape index (κ1) is 19.3. The van der Waals surface area contributed by atoms with Gasteiger partial charge in [0.25, 0.3) is 0 Å². The average molecular weight is 402 g/mol. The Morgan fingerprint density at radius 3 is 2.64 bits per heavy atom. The Balaban J connectivity index is 1.65. The van der Waals surface area contributed by atoms with E-state index in [1.807, 2.05) is 0 Å². The van der Waals surface area contributed by atoms with Crippen LogP contribution in [0.1, 0.15) is 21.9 Å². The highest BCUT2D eigenvalue weighted by Crippen LogP contribution is 2.28. The van der Waals surface area contributed by atoms with Gasteiger partial charge in [0.1, 0.15) is 23.9 Å². The number of benzene rings is 2. The summed E-state index contributed by atoms with van der Waals surface area (Å²) < 4.78 is 24.1. The van der Waals surface area contributed by atoms with E-state index in [0.29, 0.717) is 22.1 Å². The van der Waals surface area contributed by atoms with Gasteiger partial charge in [-0.25, -0.2) is 4.39 Å². The molecule has 0 N–H and O–H groups in total. The Kier molecular flexibility index (Phi) is 5.86. The number of rotatable bonds is 7. The van der Waals surface area contributed by atoms with Crippen molar-refractivity contribution in [1.29, 1.82) is 0 Å². The minimum atomic E-state index is -0.659. The van der Waals surface area contributed by atoms with Gasteiger partial charge in [0, 0.05) is 22.7 Å². The maximum Gasteiger partial charge on any atom is 0.311 e. The summed E-state index contributed by atoms with van der Waals surface area (Å²) in [6.07, 6.45) is 2.84. The predicted molar refractivity (Wildman–Crippen MR) is 101 cm³/mol. The van der Waals surface area contributed by atoms with Gasteiger partial charge in [-0.2, -0.15) is 0 Å². The van der Waals surface area contributed by atoms with E-state index in [1.54, 1.807) is 36.4 Å². The van der Waals surface area contributed by atoms with E-state index in [-0.39, 0.29) is 23.8 Å². The van der Waals surface area contributed by atoms with Crippen LogP contribution in [0, 0.1) is 15.9 Å². The molecule has 1 aromatic heterocycles. The minimum absolute atomic E-state index is 0.136. The van der Waals surface area contributed by atoms with Crippen molar-refractivity contribution in [3.05, 3.63) is 98.7 Å². The zero-order valence-electron chi connectivity index (χ0n) is 14.3. The highest BCUT2D eigenvalue weighted by molar-refractivity contribution is 6.30. The Labute approximate surface area is 164 Å². The second-order valence-electron chi connectivity index (χ2n) is 5.67. The molecule has 0 bridgehead atoms. The van der Waals surface area contributed by atoms with Gasteiger partial charge in [-0.05, 0) is 54.6 Å². The van der Waals surface area contributed by atoms with E-state index in [1.165, 1.54) is 12.2 Å². The summed E-state index contributed by atoms with van der Waals surface area (Å²) in [4.78, 5) is 22.4. The number of furan rings is 1. The van der Waals surface area contributed by atoms with Gasteiger partial charge in [0.15, 0.2) is 11.5 Å². The van der Waals surface area contributed by atoms with Crippen molar-refractivity contribution in [3.8, 4) is 5.75 Å². The Morgan fingerprint density at radius 1 is 1.18 bits per heavy atom. The van der Waals surface area contributed by atoms with Crippen LogP contribution in [0.2, 0.25) is 5.02 Å². The lowest BCUT2D eigenvalue weighted by Crippen LogP contribution is -1.99. The number of hydrogen-bond donors (Lipinski definition) is 0. The van der Waals surface area contributed by atoms with Crippen molar-refractivity contribution < 1.29 is 23.3 Å². The number of nitrogens with zero attached hydrogens (tertiary/aromatic N) is 1. The van der Waals surface area contributed by atoms with E-state index in [4.69, 9.17) is 20.8 Å². The molecule has 0 fully saturated rings. The van der Waals surface area contributed by atoms with Crippen molar-refractivity contribution in [2.45, 2.75) is 6.61 Å². The van der Waals surface area contributed by atoms with Crippen molar-refractivity contribution in [1.82, 2.24) is 0 Å². The lowest BCUT2D eigenvalue weighted by Gasteiger charge is -2.05. The quantitative estimate of drug-likeness (QED) is 0.227. The molecule has 28 heavy (non-hydrogen) atoms. The molecule has 0 aliphatic rings. The molecule has 142 valence electrons. The molecule has 3 rings (SSSR count). The van der Waals surface area contributed by atoms with Crippen LogP contribution in [0.4, 0.5) is 10.1 Å². The van der Waals surface area contributed by atoms with Crippen molar-refractivity contribution >= 4 is 29.1 Å². The number of carbonyl (C=O) groups is 1. The molecule has 8 heteroatoms. The Hall–Kier alpha value is -3.45. The summed E-state index contributed by atoms with van der Waals surface area (Å²) in [5.74, 6) is -0.311. The summed E-state index contributed by atoms with van der Waals surface area (Å²) in [5, 5.41) is 11.5. The van der Waals surface area contributed by atoms with Crippen LogP contribution < -0.4 is 4.74 Å². The molecule has 0 atom stereocenters. The van der Waals surface area contributed by atoms with Gasteiger partial charge in [-0.15, -0.1) is 0 Å². The maximum atomic E-state index is 13.3. The number of hydrogen-bond acceptors (Lipinski definition) is 5. The molecule has 6 nitrogen and oxygen atoms in total. The van der Waals surface area contributed by atoms with E-state index in [2.05, 4.69) is 0 Å². The first-order valence-corrected chi connectivity index (χ1v) is 8.43. The fourth-order valence-electron chi connectivity index (χ4n) is 2.33. The van der Waals surface area contributed by atoms with Crippen LogP contribution in [-0.2, 0) is 6.61 Å². The normalized spacial score (nSPS) is 10.9. The standard InChI is InChI=1S/C20H13ClFNO5/c21-14-3-1-13(2-4-14)19(24)10-8-16-6-7-17(28-16)12-27-20-11-15(22)5-9-18(20)23(25)26/h1-11H,12H2/b10-8+. The third kappa shape index (κ3) is 4.83. The number of ketones is 1. The van der Waals surface area contributed by atoms with E-state index in [0.717, 1.165) is 18.2 Å². The Morgan fingerprint density at radius 2 is 1.93 bits per heavy atom. The first-order valence-electron chi connectivity index (χ1n) is 8.06. The highest BCUT2D eigenvalue weighted by Gasteiger charge is 2.16. The number of ether oxygens (including phenoxy) is 1. The monoisotopic (exact) mass is 401 g/mol. The van der Waals surface area contributed by atoms with E-state index >= 15 is 0 Å². The van der Waals surface area contributed by atoms with Crippen LogP contribution in [0.25, 0.3) is 6.08 Å². The largest absolute Gasteiger partial charge is 0.479 e. The smallest absolute Gasteiger partial charge is 0.311 e. The first-order chi connectivity index (χ1) is 13.4. The summed E-state index contributed by atoms with van der Waals surface area (Å²) >= 11 is 5.79. The van der Waals surface area contributed by atoms with Crippen LogP contribution in [0.5, 0.6) is 5.75 Å². The topological polar surface area (TPSA) is 82.6 Å². The summed E-state index contributed by atoms with van der Waals surface area (Å²) in [6, 6.07) is 12.6. The lowest BCUT2D eigenvalue weighted by atomic mass is 10.1. The molecule has 0 aliphatic carbocycles. The third-order valence-electron chi connectivity index (χ3n) is 3.70. The second kappa shape index (κ2) is 8.49. The summed E-state index contributed by atoms with van der Waals surface area (Å²) in [5.41, 5.74) is 0.135. The summed E-state index contributed by atoms with van der Waals surface area (Å²) in [7, 11) is 0. The molecule has 0 saturated heterocycles.